The highest BCUT2D eigenvalue weighted by atomic mass is 31.1. The molecule has 0 fully saturated rings. The molecular formula is C7H17O7P. The third-order valence-electron chi connectivity index (χ3n) is 0.724. The molecule has 8 heteroatoms. The highest BCUT2D eigenvalue weighted by Crippen LogP contribution is 2.23. The minimum absolute atomic E-state index is 0.325. The number of carbonyl (C=O) groups is 1. The van der Waals surface area contributed by atoms with Gasteiger partial charge in [0.15, 0.2) is 0 Å². The lowest BCUT2D eigenvalue weighted by molar-refractivity contribution is -0.255. The van der Waals surface area contributed by atoms with Gasteiger partial charge in [0.2, 0.25) is 0 Å². The lowest BCUT2D eigenvalue weighted by Crippen LogP contribution is -1.89. The number of carbonyl (C=O) groups excluding carboxylic acids is 1. The molecule has 92 valence electrons. The Morgan fingerprint density at radius 2 is 1.47 bits per heavy atom. The van der Waals surface area contributed by atoms with Crippen molar-refractivity contribution in [2.45, 2.75) is 20.8 Å². The highest BCUT2D eigenvalue weighted by molar-refractivity contribution is 7.32. The summed E-state index contributed by atoms with van der Waals surface area (Å²) in [4.78, 5) is 17.8. The first-order valence-electron chi connectivity index (χ1n) is 4.40. The Balaban J connectivity index is 0. The number of hydrogen-bond donors (Lipinski definition) is 0. The zero-order valence-electron chi connectivity index (χ0n) is 9.06. The summed E-state index contributed by atoms with van der Waals surface area (Å²) < 4.78 is 23.0. The van der Waals surface area contributed by atoms with Crippen LogP contribution in [0.1, 0.15) is 20.8 Å². The molecule has 0 bridgehead atoms. The second-order valence-corrected chi connectivity index (χ2v) is 2.61. The molecule has 0 aromatic carbocycles. The monoisotopic (exact) mass is 244 g/mol. The van der Waals surface area contributed by atoms with Gasteiger partial charge in [0, 0.05) is 0 Å². The van der Waals surface area contributed by atoms with E-state index in [-0.39, 0.29) is 0 Å². The molecular weight excluding hydrogens is 227 g/mol. The van der Waals surface area contributed by atoms with Crippen molar-refractivity contribution < 1.29 is 33.2 Å². The van der Waals surface area contributed by atoms with Crippen molar-refractivity contribution in [2.75, 3.05) is 19.8 Å². The van der Waals surface area contributed by atoms with Crippen LogP contribution in [0.3, 0.4) is 0 Å². The zero-order chi connectivity index (χ0) is 11.9. The molecule has 0 radical (unpaired) electrons. The molecule has 15 heavy (non-hydrogen) atoms. The van der Waals surface area contributed by atoms with Gasteiger partial charge in [0.1, 0.15) is 0 Å². The second-order valence-electron chi connectivity index (χ2n) is 1.78. The van der Waals surface area contributed by atoms with Crippen LogP contribution in [0.25, 0.3) is 0 Å². The van der Waals surface area contributed by atoms with Crippen molar-refractivity contribution in [1.29, 1.82) is 0 Å². The van der Waals surface area contributed by atoms with Crippen LogP contribution in [0.15, 0.2) is 0 Å². The van der Waals surface area contributed by atoms with Crippen molar-refractivity contribution in [3.8, 4) is 0 Å². The Morgan fingerprint density at radius 3 is 1.67 bits per heavy atom. The van der Waals surface area contributed by atoms with Crippen LogP contribution in [0.5, 0.6) is 0 Å². The molecule has 7 nitrogen and oxygen atoms in total. The highest BCUT2D eigenvalue weighted by Gasteiger charge is 1.98. The molecule has 0 spiro atoms. The van der Waals surface area contributed by atoms with E-state index in [1.165, 1.54) is 0 Å². The van der Waals surface area contributed by atoms with Crippen LogP contribution >= 0.6 is 8.25 Å². The van der Waals surface area contributed by atoms with E-state index in [4.69, 9.17) is 0 Å². The summed E-state index contributed by atoms with van der Waals surface area (Å²) in [5.41, 5.74) is 0. The van der Waals surface area contributed by atoms with Gasteiger partial charge >= 0.3 is 8.25 Å². The van der Waals surface area contributed by atoms with Gasteiger partial charge in [0.05, 0.1) is 19.8 Å². The van der Waals surface area contributed by atoms with Gasteiger partial charge < -0.3 is 4.74 Å². The molecule has 0 unspecified atom stereocenters. The largest absolute Gasteiger partial charge is 0.468 e. The van der Waals surface area contributed by atoms with E-state index in [2.05, 4.69) is 23.9 Å². The topological polar surface area (TPSA) is 80.3 Å². The van der Waals surface area contributed by atoms with Crippen molar-refractivity contribution in [3.63, 3.8) is 0 Å². The molecule has 0 heterocycles. The summed E-state index contributed by atoms with van der Waals surface area (Å²) in [5.74, 6) is 0. The lowest BCUT2D eigenvalue weighted by atomic mass is 10.9. The minimum Gasteiger partial charge on any atom is -0.468 e. The first-order valence-corrected chi connectivity index (χ1v) is 5.63. The molecule has 0 atom stereocenters. The van der Waals surface area contributed by atoms with Gasteiger partial charge in [-0.15, -0.1) is 9.35 Å². The van der Waals surface area contributed by atoms with Gasteiger partial charge in [0.25, 0.3) is 6.47 Å². The summed E-state index contributed by atoms with van der Waals surface area (Å²) in [7, 11) is -2.61. The van der Waals surface area contributed by atoms with Gasteiger partial charge in [-0.1, -0.05) is 0 Å². The lowest BCUT2D eigenvalue weighted by Gasteiger charge is -2.00. The Kier molecular flexibility index (Phi) is 18.1. The van der Waals surface area contributed by atoms with Crippen LogP contribution < -0.4 is 0 Å². The van der Waals surface area contributed by atoms with Gasteiger partial charge in [-0.05, 0) is 20.8 Å². The molecule has 0 aliphatic carbocycles. The quantitative estimate of drug-likeness (QED) is 0.277. The third-order valence-corrected chi connectivity index (χ3v) is 1.23. The molecule has 0 aliphatic heterocycles. The fourth-order valence-electron chi connectivity index (χ4n) is 0.296. The molecule has 0 N–H and O–H groups in total. The van der Waals surface area contributed by atoms with E-state index < -0.39 is 8.25 Å². The molecule has 0 saturated heterocycles. The maximum Gasteiger partial charge on any atom is 0.373 e. The van der Waals surface area contributed by atoms with Crippen LogP contribution in [-0.4, -0.2) is 26.3 Å². The molecule has 0 aromatic heterocycles. The summed E-state index contributed by atoms with van der Waals surface area (Å²) in [5, 5.41) is 0. The Bertz CT molecular complexity index is 142. The predicted molar refractivity (Wildman–Crippen MR) is 52.1 cm³/mol. The SMILES string of the molecule is CCOC=O.CCOO[PH](=O)OOCC. The summed E-state index contributed by atoms with van der Waals surface area (Å²) in [6, 6.07) is 0. The standard InChI is InChI=1S/C4H11O5P.C3H6O2/c1-3-6-8-10(5)9-7-4-2;1-2-5-3-4/h10H,3-4H2,1-2H3;3H,2H2,1H3. The first-order chi connectivity index (χ1) is 7.22. The Labute approximate surface area is 89.4 Å². The van der Waals surface area contributed by atoms with Crippen LogP contribution in [0.4, 0.5) is 0 Å². The van der Waals surface area contributed by atoms with E-state index in [0.29, 0.717) is 26.3 Å². The average molecular weight is 244 g/mol. The fourth-order valence-corrected chi connectivity index (χ4v) is 0.752. The molecule has 0 rings (SSSR count). The maximum absolute atomic E-state index is 10.5. The average Bonchev–Trinajstić information content (AvgIpc) is 2.25. The Hall–Kier alpha value is -0.460. The third kappa shape index (κ3) is 19.8. The summed E-state index contributed by atoms with van der Waals surface area (Å²) in [6.07, 6.45) is 0. The van der Waals surface area contributed by atoms with Crippen LogP contribution in [0.2, 0.25) is 0 Å². The molecule has 0 aliphatic rings. The maximum atomic E-state index is 10.5. The van der Waals surface area contributed by atoms with Crippen LogP contribution in [0, 0.1) is 0 Å². The van der Waals surface area contributed by atoms with E-state index >= 15 is 0 Å². The van der Waals surface area contributed by atoms with Crippen molar-refractivity contribution in [3.05, 3.63) is 0 Å². The number of ether oxygens (including phenoxy) is 1. The normalized spacial score (nSPS) is 9.33. The number of hydrogen-bond acceptors (Lipinski definition) is 7. The summed E-state index contributed by atoms with van der Waals surface area (Å²) in [6.45, 7) is 6.72. The number of rotatable bonds is 8. The first kappa shape index (κ1) is 17.0. The van der Waals surface area contributed by atoms with E-state index in [1.807, 2.05) is 0 Å². The van der Waals surface area contributed by atoms with E-state index in [9.17, 15) is 9.36 Å². The zero-order valence-corrected chi connectivity index (χ0v) is 10.1. The van der Waals surface area contributed by atoms with Gasteiger partial charge in [-0.3, -0.25) is 9.36 Å². The van der Waals surface area contributed by atoms with Crippen molar-refractivity contribution in [2.24, 2.45) is 0 Å². The van der Waals surface area contributed by atoms with Crippen molar-refractivity contribution in [1.82, 2.24) is 0 Å². The van der Waals surface area contributed by atoms with E-state index in [1.54, 1.807) is 20.8 Å². The van der Waals surface area contributed by atoms with Crippen molar-refractivity contribution >= 4 is 14.7 Å². The molecule has 0 aromatic rings. The van der Waals surface area contributed by atoms with Gasteiger partial charge in [-0.25, -0.2) is 9.78 Å². The summed E-state index contributed by atoms with van der Waals surface area (Å²) >= 11 is 0. The minimum atomic E-state index is -2.61. The predicted octanol–water partition coefficient (Wildman–Crippen LogP) is 1.49. The molecule has 0 saturated carbocycles. The smallest absolute Gasteiger partial charge is 0.373 e. The van der Waals surface area contributed by atoms with Crippen LogP contribution in [-0.2, 0) is 33.2 Å². The van der Waals surface area contributed by atoms with E-state index in [0.717, 1.165) is 0 Å². The fraction of sp³-hybridized carbons (Fsp3) is 0.857. The Morgan fingerprint density at radius 1 is 1.00 bits per heavy atom. The molecule has 0 amide bonds. The second kappa shape index (κ2) is 16.0. The van der Waals surface area contributed by atoms with Gasteiger partial charge in [-0.2, -0.15) is 0 Å².